The number of rotatable bonds is 7. The molecule has 1 aliphatic rings. The van der Waals surface area contributed by atoms with E-state index in [0.29, 0.717) is 44.9 Å². The van der Waals surface area contributed by atoms with Crippen molar-refractivity contribution in [2.75, 3.05) is 19.7 Å². The van der Waals surface area contributed by atoms with Crippen LogP contribution in [0.15, 0.2) is 77.3 Å². The zero-order chi connectivity index (χ0) is 27.6. The number of nitrogens with zero attached hydrogens (tertiary/aromatic N) is 2. The molecule has 1 fully saturated rings. The first-order valence-corrected chi connectivity index (χ1v) is 13.8. The van der Waals surface area contributed by atoms with Gasteiger partial charge < -0.3 is 19.0 Å². The molecule has 204 valence electrons. The van der Waals surface area contributed by atoms with Gasteiger partial charge in [0.15, 0.2) is 0 Å². The fraction of sp³-hybridized carbons (Fsp3) is 0.273. The van der Waals surface area contributed by atoms with Crippen molar-refractivity contribution in [1.82, 2.24) is 9.88 Å². The van der Waals surface area contributed by atoms with Crippen LogP contribution in [0, 0.1) is 6.92 Å². The molecule has 0 radical (unpaired) electrons. The SMILES string of the molecule is CCOC(=O)c1c(C)oc2c1c(C(c1ccnc(Oc3ccccc3)c1)N1CCCCC1)c(O)c1ccccc12. The number of aryl methyl sites for hydroxylation is 1. The monoisotopic (exact) mass is 536 g/mol. The number of furan rings is 1. The summed E-state index contributed by atoms with van der Waals surface area (Å²) in [5.41, 5.74) is 2.46. The molecule has 0 aliphatic carbocycles. The summed E-state index contributed by atoms with van der Waals surface area (Å²) >= 11 is 0. The number of piperidine rings is 1. The molecular weight excluding hydrogens is 504 g/mol. The van der Waals surface area contributed by atoms with Crippen LogP contribution in [0.5, 0.6) is 17.4 Å². The summed E-state index contributed by atoms with van der Waals surface area (Å²) in [4.78, 5) is 20.2. The second-order valence-electron chi connectivity index (χ2n) is 10.1. The van der Waals surface area contributed by atoms with E-state index in [4.69, 9.17) is 13.9 Å². The van der Waals surface area contributed by atoms with E-state index in [1.807, 2.05) is 66.7 Å². The van der Waals surface area contributed by atoms with E-state index in [0.717, 1.165) is 43.3 Å². The van der Waals surface area contributed by atoms with Crippen molar-refractivity contribution in [3.63, 3.8) is 0 Å². The number of fused-ring (bicyclic) bond motifs is 3. The molecule has 3 aromatic carbocycles. The predicted molar refractivity (Wildman–Crippen MR) is 154 cm³/mol. The number of benzene rings is 3. The van der Waals surface area contributed by atoms with Crippen molar-refractivity contribution < 1.29 is 23.8 Å². The van der Waals surface area contributed by atoms with E-state index in [1.165, 1.54) is 0 Å². The van der Waals surface area contributed by atoms with Crippen molar-refractivity contribution in [1.29, 1.82) is 0 Å². The van der Waals surface area contributed by atoms with Gasteiger partial charge in [0.05, 0.1) is 12.6 Å². The minimum absolute atomic E-state index is 0.132. The van der Waals surface area contributed by atoms with Gasteiger partial charge in [-0.3, -0.25) is 4.90 Å². The summed E-state index contributed by atoms with van der Waals surface area (Å²) in [5, 5.41) is 14.0. The normalized spacial score (nSPS) is 14.8. The number of hydrogen-bond acceptors (Lipinski definition) is 7. The van der Waals surface area contributed by atoms with Gasteiger partial charge in [-0.2, -0.15) is 0 Å². The highest BCUT2D eigenvalue weighted by atomic mass is 16.5. The summed E-state index contributed by atoms with van der Waals surface area (Å²) in [5.74, 6) is 1.27. The summed E-state index contributed by atoms with van der Waals surface area (Å²) in [7, 11) is 0. The standard InChI is InChI=1S/C33H32N2O5/c1-3-38-33(37)27-21(2)39-32-25-15-9-8-14-24(25)31(36)29(28(27)32)30(35-18-10-5-11-19-35)22-16-17-34-26(20-22)40-23-12-6-4-7-13-23/h4,6-9,12-17,20,30,36H,3,5,10-11,18-19H2,1-2H3. The fourth-order valence-electron chi connectivity index (χ4n) is 5.85. The third-order valence-corrected chi connectivity index (χ3v) is 7.58. The van der Waals surface area contributed by atoms with Gasteiger partial charge in [0, 0.05) is 34.0 Å². The Hall–Kier alpha value is -4.36. The third-order valence-electron chi connectivity index (χ3n) is 7.58. The number of phenols is 1. The predicted octanol–water partition coefficient (Wildman–Crippen LogP) is 7.54. The van der Waals surface area contributed by atoms with Gasteiger partial charge in [0.25, 0.3) is 0 Å². The molecule has 6 rings (SSSR count). The van der Waals surface area contributed by atoms with Crippen molar-refractivity contribution in [2.24, 2.45) is 0 Å². The number of aromatic hydroxyl groups is 1. The average molecular weight is 537 g/mol. The number of pyridine rings is 1. The molecule has 0 saturated carbocycles. The van der Waals surface area contributed by atoms with Crippen LogP contribution < -0.4 is 4.74 Å². The van der Waals surface area contributed by atoms with Crippen LogP contribution >= 0.6 is 0 Å². The molecule has 0 amide bonds. The number of phenolic OH excluding ortho intramolecular Hbond substituents is 1. The molecule has 3 heterocycles. The quantitative estimate of drug-likeness (QED) is 0.215. The Kier molecular flexibility index (Phi) is 7.13. The highest BCUT2D eigenvalue weighted by Gasteiger charge is 2.34. The third kappa shape index (κ3) is 4.67. The van der Waals surface area contributed by atoms with Crippen LogP contribution in [0.1, 0.15) is 59.5 Å². The Morgan fingerprint density at radius 3 is 2.50 bits per heavy atom. The summed E-state index contributed by atoms with van der Waals surface area (Å²) in [6.45, 7) is 5.49. The Bertz CT molecular complexity index is 1670. The van der Waals surface area contributed by atoms with Crippen LogP contribution in [-0.2, 0) is 4.74 Å². The molecule has 7 heteroatoms. The molecule has 1 unspecified atom stereocenters. The average Bonchev–Trinajstić information content (AvgIpc) is 3.33. The van der Waals surface area contributed by atoms with Gasteiger partial charge in [0.2, 0.25) is 5.88 Å². The van der Waals surface area contributed by atoms with Crippen LogP contribution in [0.25, 0.3) is 21.7 Å². The summed E-state index contributed by atoms with van der Waals surface area (Å²) in [6, 6.07) is 20.6. The zero-order valence-corrected chi connectivity index (χ0v) is 22.7. The molecule has 7 nitrogen and oxygen atoms in total. The molecule has 5 aromatic rings. The second-order valence-corrected chi connectivity index (χ2v) is 10.1. The largest absolute Gasteiger partial charge is 0.507 e. The maximum atomic E-state index is 13.3. The molecule has 1 saturated heterocycles. The fourth-order valence-corrected chi connectivity index (χ4v) is 5.85. The first-order valence-electron chi connectivity index (χ1n) is 13.8. The summed E-state index contributed by atoms with van der Waals surface area (Å²) in [6.07, 6.45) is 4.97. The van der Waals surface area contributed by atoms with Gasteiger partial charge in [-0.25, -0.2) is 9.78 Å². The lowest BCUT2D eigenvalue weighted by Gasteiger charge is -2.36. The molecule has 0 spiro atoms. The van der Waals surface area contributed by atoms with E-state index in [9.17, 15) is 9.90 Å². The first kappa shape index (κ1) is 25.9. The van der Waals surface area contributed by atoms with Gasteiger partial charge in [-0.1, -0.05) is 48.9 Å². The number of carbonyl (C=O) groups is 1. The molecule has 40 heavy (non-hydrogen) atoms. The van der Waals surface area contributed by atoms with E-state index in [-0.39, 0.29) is 18.4 Å². The Morgan fingerprint density at radius 2 is 1.75 bits per heavy atom. The van der Waals surface area contributed by atoms with E-state index >= 15 is 0 Å². The molecule has 1 N–H and O–H groups in total. The van der Waals surface area contributed by atoms with Crippen molar-refractivity contribution in [2.45, 2.75) is 39.2 Å². The molecule has 1 atom stereocenters. The van der Waals surface area contributed by atoms with E-state index in [1.54, 1.807) is 20.0 Å². The number of carbonyl (C=O) groups excluding carboxylic acids is 1. The van der Waals surface area contributed by atoms with Crippen molar-refractivity contribution in [3.05, 3.63) is 95.4 Å². The smallest absolute Gasteiger partial charge is 0.342 e. The number of hydrogen-bond donors (Lipinski definition) is 1. The van der Waals surface area contributed by atoms with Gasteiger partial charge in [-0.15, -0.1) is 0 Å². The lowest BCUT2D eigenvalue weighted by atomic mass is 9.88. The molecule has 2 aromatic heterocycles. The Labute approximate surface area is 233 Å². The van der Waals surface area contributed by atoms with Crippen LogP contribution in [0.2, 0.25) is 0 Å². The molecular formula is C33H32N2O5. The maximum Gasteiger partial charge on any atom is 0.342 e. The van der Waals surface area contributed by atoms with Gasteiger partial charge in [0.1, 0.15) is 28.4 Å². The topological polar surface area (TPSA) is 85.0 Å². The lowest BCUT2D eigenvalue weighted by Crippen LogP contribution is -2.34. The van der Waals surface area contributed by atoms with Gasteiger partial charge in [-0.05, 0) is 63.5 Å². The highest BCUT2D eigenvalue weighted by Crippen LogP contribution is 2.48. The van der Waals surface area contributed by atoms with Crippen LogP contribution in [-0.4, -0.2) is 40.7 Å². The Morgan fingerprint density at radius 1 is 1.02 bits per heavy atom. The minimum atomic E-state index is -0.463. The van der Waals surface area contributed by atoms with Crippen molar-refractivity contribution >= 4 is 27.7 Å². The maximum absolute atomic E-state index is 13.3. The van der Waals surface area contributed by atoms with Crippen LogP contribution in [0.3, 0.4) is 0 Å². The highest BCUT2D eigenvalue weighted by molar-refractivity contribution is 6.16. The minimum Gasteiger partial charge on any atom is -0.507 e. The first-order chi connectivity index (χ1) is 19.6. The van der Waals surface area contributed by atoms with E-state index in [2.05, 4.69) is 9.88 Å². The second kappa shape index (κ2) is 11.0. The number of para-hydroxylation sites is 1. The lowest BCUT2D eigenvalue weighted by molar-refractivity contribution is 0.0526. The zero-order valence-electron chi connectivity index (χ0n) is 22.7. The van der Waals surface area contributed by atoms with Crippen molar-refractivity contribution in [3.8, 4) is 17.4 Å². The number of esters is 1. The molecule has 1 aliphatic heterocycles. The van der Waals surface area contributed by atoms with Gasteiger partial charge >= 0.3 is 5.97 Å². The molecule has 0 bridgehead atoms. The number of aromatic nitrogens is 1. The van der Waals surface area contributed by atoms with E-state index < -0.39 is 5.97 Å². The number of likely N-dealkylation sites (tertiary alicyclic amines) is 1. The van der Waals surface area contributed by atoms with Crippen LogP contribution in [0.4, 0.5) is 0 Å². The number of ether oxygens (including phenoxy) is 2. The Balaban J connectivity index is 1.62. The summed E-state index contributed by atoms with van der Waals surface area (Å²) < 4.78 is 17.9.